The van der Waals surface area contributed by atoms with Gasteiger partial charge in [-0.3, -0.25) is 9.69 Å². The van der Waals surface area contributed by atoms with Gasteiger partial charge in [-0.1, -0.05) is 18.2 Å². The Bertz CT molecular complexity index is 731. The van der Waals surface area contributed by atoms with Gasteiger partial charge in [-0.15, -0.1) is 0 Å². The zero-order valence-corrected chi connectivity index (χ0v) is 15.1. The second kappa shape index (κ2) is 7.54. The number of hydrogen-bond acceptors (Lipinski definition) is 4. The molecule has 1 aromatic heterocycles. The van der Waals surface area contributed by atoms with Crippen molar-refractivity contribution in [3.63, 3.8) is 0 Å². The van der Waals surface area contributed by atoms with Crippen LogP contribution in [0.3, 0.4) is 0 Å². The monoisotopic (exact) mass is 354 g/mol. The normalized spacial score (nSPS) is 18.6. The Morgan fingerprint density at radius 2 is 1.88 bits per heavy atom. The maximum absolute atomic E-state index is 12.4. The molecule has 4 rings (SSSR count). The van der Waals surface area contributed by atoms with Crippen LogP contribution in [0.5, 0.6) is 5.75 Å². The van der Waals surface area contributed by atoms with E-state index in [1.54, 1.807) is 6.07 Å². The van der Waals surface area contributed by atoms with Crippen LogP contribution in [0.4, 0.5) is 0 Å². The number of benzene rings is 1. The van der Waals surface area contributed by atoms with Gasteiger partial charge in [-0.2, -0.15) is 0 Å². The van der Waals surface area contributed by atoms with Crippen molar-refractivity contribution in [2.75, 3.05) is 26.2 Å². The van der Waals surface area contributed by atoms with Crippen LogP contribution in [-0.2, 0) is 6.54 Å². The molecule has 26 heavy (non-hydrogen) atoms. The minimum atomic E-state index is -0.136. The highest BCUT2D eigenvalue weighted by Crippen LogP contribution is 2.45. The van der Waals surface area contributed by atoms with E-state index in [9.17, 15) is 4.79 Å². The highest BCUT2D eigenvalue weighted by atomic mass is 16.5. The summed E-state index contributed by atoms with van der Waals surface area (Å²) in [6.07, 6.45) is 4.67. The van der Waals surface area contributed by atoms with Crippen LogP contribution in [0.15, 0.2) is 46.9 Å². The molecule has 1 aromatic carbocycles. The summed E-state index contributed by atoms with van der Waals surface area (Å²) in [5.74, 6) is 2.01. The molecule has 1 aliphatic carbocycles. The van der Waals surface area contributed by atoms with E-state index >= 15 is 0 Å². The average molecular weight is 354 g/mol. The number of amides is 1. The minimum Gasteiger partial charge on any atom is -0.493 e. The predicted octanol–water partition coefficient (Wildman–Crippen LogP) is 3.46. The number of hydrogen-bond donors (Lipinski definition) is 1. The number of nitrogens with zero attached hydrogens (tertiary/aromatic N) is 1. The summed E-state index contributed by atoms with van der Waals surface area (Å²) in [6, 6.07) is 13.5. The van der Waals surface area contributed by atoms with Gasteiger partial charge in [-0.05, 0) is 63.0 Å². The van der Waals surface area contributed by atoms with Gasteiger partial charge in [0.1, 0.15) is 11.5 Å². The van der Waals surface area contributed by atoms with Gasteiger partial charge < -0.3 is 14.5 Å². The topological polar surface area (TPSA) is 54.7 Å². The number of likely N-dealkylation sites (tertiary alicyclic amines) is 1. The van der Waals surface area contributed by atoms with E-state index < -0.39 is 0 Å². The fraction of sp³-hybridized carbons (Fsp3) is 0.476. The Hall–Kier alpha value is -2.27. The van der Waals surface area contributed by atoms with Crippen molar-refractivity contribution in [3.05, 3.63) is 54.0 Å². The number of para-hydroxylation sites is 1. The van der Waals surface area contributed by atoms with Crippen LogP contribution in [0.1, 0.15) is 42.0 Å². The standard InChI is InChI=1S/C21H26N2O3/c24-20(19-9-8-18(26-19)14-23-12-4-5-13-23)22-15-21(10-11-21)16-25-17-6-2-1-3-7-17/h1-3,6-9H,4-5,10-16H2,(H,22,24). The molecule has 0 radical (unpaired) electrons. The molecule has 0 atom stereocenters. The molecule has 1 amide bonds. The summed E-state index contributed by atoms with van der Waals surface area (Å²) in [7, 11) is 0. The van der Waals surface area contributed by atoms with E-state index in [2.05, 4.69) is 10.2 Å². The highest BCUT2D eigenvalue weighted by molar-refractivity contribution is 5.91. The Labute approximate surface area is 154 Å². The Morgan fingerprint density at radius 3 is 2.62 bits per heavy atom. The fourth-order valence-corrected chi connectivity index (χ4v) is 3.40. The van der Waals surface area contributed by atoms with Crippen molar-refractivity contribution in [2.45, 2.75) is 32.2 Å². The molecule has 1 aliphatic heterocycles. The largest absolute Gasteiger partial charge is 0.493 e. The van der Waals surface area contributed by atoms with Crippen molar-refractivity contribution < 1.29 is 13.9 Å². The maximum atomic E-state index is 12.4. The van der Waals surface area contributed by atoms with Crippen molar-refractivity contribution >= 4 is 5.91 Å². The van der Waals surface area contributed by atoms with Crippen LogP contribution < -0.4 is 10.1 Å². The molecule has 1 saturated carbocycles. The SMILES string of the molecule is O=C(NCC1(COc2ccccc2)CC1)c1ccc(CN2CCCC2)o1. The van der Waals surface area contributed by atoms with Gasteiger partial charge in [-0.25, -0.2) is 0 Å². The van der Waals surface area contributed by atoms with Gasteiger partial charge in [0.2, 0.25) is 0 Å². The van der Waals surface area contributed by atoms with Gasteiger partial charge in [0.05, 0.1) is 13.2 Å². The first-order valence-corrected chi connectivity index (χ1v) is 9.50. The summed E-state index contributed by atoms with van der Waals surface area (Å²) in [5.41, 5.74) is 0.0659. The Morgan fingerprint density at radius 1 is 1.12 bits per heavy atom. The lowest BCUT2D eigenvalue weighted by Gasteiger charge is -2.16. The molecule has 2 aliphatic rings. The van der Waals surface area contributed by atoms with Gasteiger partial charge >= 0.3 is 0 Å². The molecular formula is C21H26N2O3. The van der Waals surface area contributed by atoms with Crippen LogP contribution in [0, 0.1) is 5.41 Å². The van der Waals surface area contributed by atoms with Crippen molar-refractivity contribution in [1.29, 1.82) is 0 Å². The van der Waals surface area contributed by atoms with Crippen LogP contribution in [0.2, 0.25) is 0 Å². The first kappa shape index (κ1) is 17.2. The molecule has 0 bridgehead atoms. The van der Waals surface area contributed by atoms with E-state index in [0.717, 1.165) is 44.0 Å². The second-order valence-corrected chi connectivity index (χ2v) is 7.53. The predicted molar refractivity (Wildman–Crippen MR) is 99.2 cm³/mol. The third kappa shape index (κ3) is 4.28. The molecule has 0 unspecified atom stereocenters. The number of ether oxygens (including phenoxy) is 1. The fourth-order valence-electron chi connectivity index (χ4n) is 3.40. The van der Waals surface area contributed by atoms with E-state index in [0.29, 0.717) is 18.9 Å². The number of carbonyl (C=O) groups is 1. The minimum absolute atomic E-state index is 0.0659. The second-order valence-electron chi connectivity index (χ2n) is 7.53. The number of rotatable bonds is 8. The quantitative estimate of drug-likeness (QED) is 0.789. The van der Waals surface area contributed by atoms with E-state index in [1.165, 1.54) is 12.8 Å². The number of furan rings is 1. The first-order chi connectivity index (χ1) is 12.7. The third-order valence-electron chi connectivity index (χ3n) is 5.33. The number of nitrogens with one attached hydrogen (secondary N) is 1. The van der Waals surface area contributed by atoms with Crippen molar-refractivity contribution in [2.24, 2.45) is 5.41 Å². The Kier molecular flexibility index (Phi) is 4.98. The molecular weight excluding hydrogens is 328 g/mol. The van der Waals surface area contributed by atoms with Crippen LogP contribution in [-0.4, -0.2) is 37.0 Å². The smallest absolute Gasteiger partial charge is 0.287 e. The van der Waals surface area contributed by atoms with Gasteiger partial charge in [0.25, 0.3) is 5.91 Å². The molecule has 1 saturated heterocycles. The van der Waals surface area contributed by atoms with E-state index in [-0.39, 0.29) is 11.3 Å². The molecule has 5 heteroatoms. The lowest BCUT2D eigenvalue weighted by atomic mass is 10.1. The van der Waals surface area contributed by atoms with Crippen molar-refractivity contribution in [1.82, 2.24) is 10.2 Å². The lowest BCUT2D eigenvalue weighted by molar-refractivity contribution is 0.0906. The summed E-state index contributed by atoms with van der Waals surface area (Å²) in [6.45, 7) is 4.29. The summed E-state index contributed by atoms with van der Waals surface area (Å²) < 4.78 is 11.6. The van der Waals surface area contributed by atoms with Gasteiger partial charge in [0, 0.05) is 12.0 Å². The zero-order chi connectivity index (χ0) is 17.8. The Balaban J connectivity index is 1.25. The molecule has 0 spiro atoms. The molecule has 2 heterocycles. The lowest BCUT2D eigenvalue weighted by Crippen LogP contribution is -2.33. The summed E-state index contributed by atoms with van der Waals surface area (Å²) in [5, 5.41) is 3.02. The summed E-state index contributed by atoms with van der Waals surface area (Å²) >= 11 is 0. The van der Waals surface area contributed by atoms with Crippen LogP contribution >= 0.6 is 0 Å². The third-order valence-corrected chi connectivity index (χ3v) is 5.33. The first-order valence-electron chi connectivity index (χ1n) is 9.50. The zero-order valence-electron chi connectivity index (χ0n) is 15.1. The van der Waals surface area contributed by atoms with E-state index in [1.807, 2.05) is 36.4 Å². The average Bonchev–Trinajstić information content (AvgIpc) is 3.05. The van der Waals surface area contributed by atoms with Crippen LogP contribution in [0.25, 0.3) is 0 Å². The molecule has 5 nitrogen and oxygen atoms in total. The maximum Gasteiger partial charge on any atom is 0.287 e. The van der Waals surface area contributed by atoms with E-state index in [4.69, 9.17) is 9.15 Å². The summed E-state index contributed by atoms with van der Waals surface area (Å²) in [4.78, 5) is 14.7. The molecule has 2 fully saturated rings. The molecule has 2 aromatic rings. The molecule has 1 N–H and O–H groups in total. The van der Waals surface area contributed by atoms with Gasteiger partial charge in [0.15, 0.2) is 5.76 Å². The number of carbonyl (C=O) groups excluding carboxylic acids is 1. The van der Waals surface area contributed by atoms with Crippen molar-refractivity contribution in [3.8, 4) is 5.75 Å². The molecule has 138 valence electrons. The highest BCUT2D eigenvalue weighted by Gasteiger charge is 2.44.